The molecule has 0 saturated heterocycles. The molecule has 0 aliphatic rings. The average molecular weight is 433 g/mol. The number of carboxylic acid groups (broad SMARTS) is 2. The van der Waals surface area contributed by atoms with Crippen LogP contribution in [0.25, 0.3) is 16.7 Å². The minimum Gasteiger partial charge on any atom is -0.505 e. The largest absolute Gasteiger partial charge is 0.505 e. The van der Waals surface area contributed by atoms with Gasteiger partial charge in [-0.2, -0.15) is 0 Å². The van der Waals surface area contributed by atoms with E-state index < -0.39 is 17.4 Å². The molecule has 0 bridgehead atoms. The van der Waals surface area contributed by atoms with Crippen LogP contribution in [0.4, 0.5) is 0 Å². The Morgan fingerprint density at radius 3 is 1.72 bits per heavy atom. The molecule has 1 aromatic heterocycles. The number of hydrogen-bond donors (Lipinski definition) is 3. The Hall–Kier alpha value is -4.20. The number of phenolic OH excluding ortho intramolecular Hbond substituents is 1. The van der Waals surface area contributed by atoms with Crippen LogP contribution in [0.2, 0.25) is 0 Å². The number of rotatable bonds is 3. The lowest BCUT2D eigenvalue weighted by Gasteiger charge is -2.22. The van der Waals surface area contributed by atoms with Gasteiger partial charge in [-0.25, -0.2) is 9.59 Å². The standard InChI is InChI=1S/C17H17N3O3.C7H6O2/c1-17(2,3)11-8-10(16(22)23)9-14(15(11)21)20-18-12-6-4-5-7-13(12)19-20;8-7(9)6-4-2-1-3-5-6/h4-9,21H,1-3H3,(H,22,23);1-5H,(H,8,9). The lowest BCUT2D eigenvalue weighted by molar-refractivity contribution is 0.0686. The summed E-state index contributed by atoms with van der Waals surface area (Å²) in [5.41, 5.74) is 2.13. The second-order valence-electron chi connectivity index (χ2n) is 8.10. The van der Waals surface area contributed by atoms with E-state index in [0.29, 0.717) is 22.2 Å². The Morgan fingerprint density at radius 1 is 0.781 bits per heavy atom. The minimum atomic E-state index is -1.06. The second kappa shape index (κ2) is 8.89. The van der Waals surface area contributed by atoms with Crippen LogP contribution in [0.5, 0.6) is 5.75 Å². The maximum Gasteiger partial charge on any atom is 0.335 e. The van der Waals surface area contributed by atoms with Crippen LogP contribution in [0.1, 0.15) is 47.1 Å². The summed E-state index contributed by atoms with van der Waals surface area (Å²) in [7, 11) is 0. The fourth-order valence-corrected chi connectivity index (χ4v) is 3.02. The number of phenols is 1. The fraction of sp³-hybridized carbons (Fsp3) is 0.167. The normalized spacial score (nSPS) is 11.0. The first-order chi connectivity index (χ1) is 15.1. The third-order valence-corrected chi connectivity index (χ3v) is 4.67. The number of hydrogen-bond acceptors (Lipinski definition) is 5. The van der Waals surface area contributed by atoms with E-state index in [-0.39, 0.29) is 17.0 Å². The maximum atomic E-state index is 11.4. The van der Waals surface area contributed by atoms with Gasteiger partial charge >= 0.3 is 11.9 Å². The third-order valence-electron chi connectivity index (χ3n) is 4.67. The monoisotopic (exact) mass is 433 g/mol. The summed E-state index contributed by atoms with van der Waals surface area (Å²) < 4.78 is 0. The zero-order chi connectivity index (χ0) is 23.5. The maximum absolute atomic E-state index is 11.4. The van der Waals surface area contributed by atoms with Gasteiger partial charge in [0.05, 0.1) is 11.1 Å². The Kier molecular flexibility index (Phi) is 6.25. The molecule has 0 atom stereocenters. The van der Waals surface area contributed by atoms with Crippen molar-refractivity contribution in [3.05, 3.63) is 83.4 Å². The van der Waals surface area contributed by atoms with Crippen molar-refractivity contribution in [3.63, 3.8) is 0 Å². The van der Waals surface area contributed by atoms with Crippen LogP contribution < -0.4 is 0 Å². The highest BCUT2D eigenvalue weighted by molar-refractivity contribution is 5.89. The summed E-state index contributed by atoms with van der Waals surface area (Å²) in [5, 5.41) is 37.0. The zero-order valence-electron chi connectivity index (χ0n) is 17.9. The number of fused-ring (bicyclic) bond motifs is 1. The first kappa shape index (κ1) is 22.5. The number of aromatic carboxylic acids is 2. The molecule has 0 aliphatic carbocycles. The molecule has 3 N–H and O–H groups in total. The Bertz CT molecular complexity index is 1240. The summed E-state index contributed by atoms with van der Waals surface area (Å²) in [6.45, 7) is 5.72. The Morgan fingerprint density at radius 2 is 1.28 bits per heavy atom. The van der Waals surface area contributed by atoms with Crippen LogP contribution in [-0.4, -0.2) is 42.3 Å². The number of aromatic hydroxyl groups is 1. The quantitative estimate of drug-likeness (QED) is 0.434. The third kappa shape index (κ3) is 4.92. The van der Waals surface area contributed by atoms with E-state index in [1.807, 2.05) is 45.0 Å². The molecule has 0 fully saturated rings. The highest BCUT2D eigenvalue weighted by Gasteiger charge is 2.24. The van der Waals surface area contributed by atoms with Crippen LogP contribution >= 0.6 is 0 Å². The van der Waals surface area contributed by atoms with Crippen molar-refractivity contribution in [2.75, 3.05) is 0 Å². The highest BCUT2D eigenvalue weighted by atomic mass is 16.4. The van der Waals surface area contributed by atoms with E-state index >= 15 is 0 Å². The van der Waals surface area contributed by atoms with Crippen molar-refractivity contribution in [1.82, 2.24) is 15.0 Å². The molecule has 3 aromatic carbocycles. The Labute approximate surface area is 184 Å². The van der Waals surface area contributed by atoms with Crippen LogP contribution in [0, 0.1) is 0 Å². The smallest absolute Gasteiger partial charge is 0.335 e. The van der Waals surface area contributed by atoms with E-state index in [9.17, 15) is 19.8 Å². The van der Waals surface area contributed by atoms with Gasteiger partial charge in [-0.05, 0) is 41.8 Å². The van der Waals surface area contributed by atoms with E-state index in [1.54, 1.807) is 30.3 Å². The average Bonchev–Trinajstić information content (AvgIpc) is 3.18. The lowest BCUT2D eigenvalue weighted by atomic mass is 9.85. The molecule has 1 heterocycles. The molecular weight excluding hydrogens is 410 g/mol. The van der Waals surface area contributed by atoms with Gasteiger partial charge in [0.2, 0.25) is 0 Å². The van der Waals surface area contributed by atoms with Crippen molar-refractivity contribution in [3.8, 4) is 11.4 Å². The first-order valence-corrected chi connectivity index (χ1v) is 9.79. The molecule has 0 aliphatic heterocycles. The van der Waals surface area contributed by atoms with Gasteiger partial charge in [0.15, 0.2) is 0 Å². The molecule has 0 radical (unpaired) electrons. The lowest BCUT2D eigenvalue weighted by Crippen LogP contribution is -2.15. The van der Waals surface area contributed by atoms with Crippen LogP contribution in [0.15, 0.2) is 66.7 Å². The summed E-state index contributed by atoms with van der Waals surface area (Å²) in [4.78, 5) is 22.9. The number of nitrogens with zero attached hydrogens (tertiary/aromatic N) is 3. The minimum absolute atomic E-state index is 0.0113. The van der Waals surface area contributed by atoms with E-state index in [1.165, 1.54) is 16.9 Å². The van der Waals surface area contributed by atoms with Gasteiger partial charge in [-0.3, -0.25) is 0 Å². The molecule has 0 amide bonds. The highest BCUT2D eigenvalue weighted by Crippen LogP contribution is 2.36. The SMILES string of the molecule is CC(C)(C)c1cc(C(=O)O)cc(-n2nc3ccccc3n2)c1O.O=C(O)c1ccccc1. The van der Waals surface area contributed by atoms with Crippen molar-refractivity contribution in [1.29, 1.82) is 0 Å². The zero-order valence-corrected chi connectivity index (χ0v) is 17.9. The summed E-state index contributed by atoms with van der Waals surface area (Å²) >= 11 is 0. The summed E-state index contributed by atoms with van der Waals surface area (Å²) in [5.74, 6) is -1.95. The molecule has 32 heavy (non-hydrogen) atoms. The van der Waals surface area contributed by atoms with Crippen LogP contribution in [-0.2, 0) is 5.41 Å². The summed E-state index contributed by atoms with van der Waals surface area (Å²) in [6.07, 6.45) is 0. The molecule has 4 rings (SSSR count). The molecule has 164 valence electrons. The second-order valence-corrected chi connectivity index (χ2v) is 8.10. The number of carbonyl (C=O) groups is 2. The van der Waals surface area contributed by atoms with Gasteiger partial charge in [0.1, 0.15) is 22.5 Å². The molecule has 0 unspecified atom stereocenters. The molecule has 8 heteroatoms. The van der Waals surface area contributed by atoms with Gasteiger partial charge in [-0.1, -0.05) is 51.1 Å². The van der Waals surface area contributed by atoms with Crippen molar-refractivity contribution in [2.45, 2.75) is 26.2 Å². The van der Waals surface area contributed by atoms with Crippen molar-refractivity contribution in [2.24, 2.45) is 0 Å². The Balaban J connectivity index is 0.000000269. The number of benzene rings is 3. The number of aromatic nitrogens is 3. The van der Waals surface area contributed by atoms with Gasteiger partial charge in [0.25, 0.3) is 0 Å². The molecular formula is C24H23N3O5. The number of carboxylic acids is 2. The molecule has 8 nitrogen and oxygen atoms in total. The summed E-state index contributed by atoms with van der Waals surface area (Å²) in [6, 6.07) is 18.5. The molecule has 0 saturated carbocycles. The van der Waals surface area contributed by atoms with E-state index in [4.69, 9.17) is 5.11 Å². The van der Waals surface area contributed by atoms with Crippen molar-refractivity contribution >= 4 is 23.0 Å². The van der Waals surface area contributed by atoms with Gasteiger partial charge < -0.3 is 15.3 Å². The topological polar surface area (TPSA) is 126 Å². The van der Waals surface area contributed by atoms with E-state index in [0.717, 1.165) is 0 Å². The molecule has 4 aromatic rings. The predicted octanol–water partition coefficient (Wildman–Crippen LogP) is 4.51. The fourth-order valence-electron chi connectivity index (χ4n) is 3.02. The van der Waals surface area contributed by atoms with Crippen molar-refractivity contribution < 1.29 is 24.9 Å². The predicted molar refractivity (Wildman–Crippen MR) is 120 cm³/mol. The molecule has 0 spiro atoms. The van der Waals surface area contributed by atoms with Gasteiger partial charge in [0, 0.05) is 5.56 Å². The van der Waals surface area contributed by atoms with E-state index in [2.05, 4.69) is 10.2 Å². The van der Waals surface area contributed by atoms with Crippen LogP contribution in [0.3, 0.4) is 0 Å². The van der Waals surface area contributed by atoms with Gasteiger partial charge in [-0.15, -0.1) is 15.0 Å². The first-order valence-electron chi connectivity index (χ1n) is 9.79.